The van der Waals surface area contributed by atoms with E-state index in [1.807, 2.05) is 24.3 Å². The lowest BCUT2D eigenvalue weighted by Crippen LogP contribution is -2.48. The molecule has 0 saturated carbocycles. The first-order valence-electron chi connectivity index (χ1n) is 10.1. The van der Waals surface area contributed by atoms with Crippen molar-refractivity contribution in [2.24, 2.45) is 5.10 Å². The number of halogens is 1. The zero-order valence-electron chi connectivity index (χ0n) is 18.0. The van der Waals surface area contributed by atoms with Crippen molar-refractivity contribution in [1.29, 1.82) is 0 Å². The Balaban J connectivity index is 1.80. The first kappa shape index (κ1) is 22.9. The number of nitrogens with zero attached hydrogens (tertiary/aromatic N) is 3. The van der Waals surface area contributed by atoms with Gasteiger partial charge in [-0.05, 0) is 36.0 Å². The number of rotatable bonds is 5. The van der Waals surface area contributed by atoms with E-state index in [0.717, 1.165) is 22.3 Å². The lowest BCUT2D eigenvalue weighted by Gasteiger charge is -2.29. The number of hydrogen-bond donors (Lipinski definition) is 1. The monoisotopic (exact) mass is 484 g/mol. The third-order valence-electron chi connectivity index (χ3n) is 5.12. The fourth-order valence-corrected chi connectivity index (χ4v) is 5.33. The summed E-state index contributed by atoms with van der Waals surface area (Å²) in [6.45, 7) is 6.85. The van der Waals surface area contributed by atoms with Crippen LogP contribution in [0.5, 0.6) is 5.75 Å². The Morgan fingerprint density at radius 1 is 1.27 bits per heavy atom. The molecular formula is C23H21ClN4O4S. The molecule has 10 heteroatoms. The molecule has 0 bridgehead atoms. The van der Waals surface area contributed by atoms with E-state index in [1.54, 1.807) is 29.2 Å². The summed E-state index contributed by atoms with van der Waals surface area (Å²) in [5, 5.41) is 8.52. The molecule has 0 fully saturated rings. The zero-order valence-corrected chi connectivity index (χ0v) is 19.6. The van der Waals surface area contributed by atoms with E-state index in [1.165, 1.54) is 13.8 Å². The normalized spacial score (nSPS) is 18.9. The molecule has 1 unspecified atom stereocenters. The Labute approximate surface area is 200 Å². The van der Waals surface area contributed by atoms with E-state index in [4.69, 9.17) is 16.3 Å². The molecule has 1 spiro atoms. The van der Waals surface area contributed by atoms with Gasteiger partial charge in [0.15, 0.2) is 5.17 Å². The highest BCUT2D eigenvalue weighted by atomic mass is 35.5. The van der Waals surface area contributed by atoms with Crippen molar-refractivity contribution >= 4 is 51.9 Å². The molecule has 2 aliphatic rings. The topological polar surface area (TPSA) is 91.3 Å². The van der Waals surface area contributed by atoms with Crippen LogP contribution in [0.3, 0.4) is 0 Å². The van der Waals surface area contributed by atoms with Crippen LogP contribution < -0.4 is 15.0 Å². The van der Waals surface area contributed by atoms with Gasteiger partial charge in [0.05, 0.1) is 12.2 Å². The molecule has 1 atom stereocenters. The lowest BCUT2D eigenvalue weighted by molar-refractivity contribution is -0.139. The number of carbonyl (C=O) groups is 3. The number of para-hydroxylation sites is 1. The molecule has 0 radical (unpaired) electrons. The second-order valence-corrected chi connectivity index (χ2v) is 9.04. The summed E-state index contributed by atoms with van der Waals surface area (Å²) in [4.78, 5) is 38.3. The number of thioether (sulfide) groups is 1. The maximum Gasteiger partial charge on any atom is 0.271 e. The number of benzene rings is 2. The first-order valence-corrected chi connectivity index (χ1v) is 11.3. The van der Waals surface area contributed by atoms with E-state index in [2.05, 4.69) is 17.0 Å². The number of hydrazone groups is 1. The summed E-state index contributed by atoms with van der Waals surface area (Å²) in [6, 6.07) is 12.5. The van der Waals surface area contributed by atoms with Gasteiger partial charge in [0.2, 0.25) is 16.7 Å². The van der Waals surface area contributed by atoms with Gasteiger partial charge in [-0.25, -0.2) is 0 Å². The SMILES string of the molecule is C=CCOc1ccccc1CN1C(=O)C2(SC(NC(C)=O)=NN2C(C)=O)c2cc(Cl)ccc21. The minimum Gasteiger partial charge on any atom is -0.489 e. The highest BCUT2D eigenvalue weighted by Crippen LogP contribution is 2.55. The molecule has 2 heterocycles. The van der Waals surface area contributed by atoms with Gasteiger partial charge >= 0.3 is 0 Å². The van der Waals surface area contributed by atoms with Crippen LogP contribution in [0.1, 0.15) is 25.0 Å². The fraction of sp³-hybridized carbons (Fsp3) is 0.217. The van der Waals surface area contributed by atoms with Gasteiger partial charge in [0.25, 0.3) is 5.91 Å². The van der Waals surface area contributed by atoms with Gasteiger partial charge in [-0.2, -0.15) is 5.01 Å². The average Bonchev–Trinajstić information content (AvgIpc) is 3.25. The molecule has 33 heavy (non-hydrogen) atoms. The summed E-state index contributed by atoms with van der Waals surface area (Å²) in [5.74, 6) is -0.552. The summed E-state index contributed by atoms with van der Waals surface area (Å²) in [6.07, 6.45) is 1.64. The zero-order chi connectivity index (χ0) is 23.8. The van der Waals surface area contributed by atoms with Crippen molar-refractivity contribution < 1.29 is 19.1 Å². The Morgan fingerprint density at radius 2 is 2.03 bits per heavy atom. The number of fused-ring (bicyclic) bond motifs is 2. The minimum atomic E-state index is -1.51. The molecule has 3 amide bonds. The van der Waals surface area contributed by atoms with Crippen LogP contribution in [0, 0.1) is 0 Å². The van der Waals surface area contributed by atoms with Crippen molar-refractivity contribution in [1.82, 2.24) is 10.3 Å². The molecule has 0 saturated heterocycles. The summed E-state index contributed by atoms with van der Waals surface area (Å²) >= 11 is 7.30. The summed E-state index contributed by atoms with van der Waals surface area (Å²) < 4.78 is 5.76. The number of anilines is 1. The number of carbonyl (C=O) groups excluding carboxylic acids is 3. The molecule has 0 aliphatic carbocycles. The second-order valence-electron chi connectivity index (χ2n) is 7.42. The highest BCUT2D eigenvalue weighted by Gasteiger charge is 2.61. The quantitative estimate of drug-likeness (QED) is 0.655. The Hall–Kier alpha value is -3.30. The van der Waals surface area contributed by atoms with E-state index < -0.39 is 10.8 Å². The smallest absolute Gasteiger partial charge is 0.271 e. The fourth-order valence-electron chi connectivity index (χ4n) is 3.84. The van der Waals surface area contributed by atoms with E-state index in [9.17, 15) is 14.4 Å². The molecule has 1 N–H and O–H groups in total. The molecular weight excluding hydrogens is 464 g/mol. The van der Waals surface area contributed by atoms with Crippen molar-refractivity contribution in [3.8, 4) is 5.75 Å². The van der Waals surface area contributed by atoms with Crippen LogP contribution in [-0.2, 0) is 25.8 Å². The maximum atomic E-state index is 14.0. The average molecular weight is 485 g/mol. The van der Waals surface area contributed by atoms with Crippen LogP contribution in [0.25, 0.3) is 0 Å². The molecule has 2 aromatic carbocycles. The number of hydrogen-bond acceptors (Lipinski definition) is 6. The maximum absolute atomic E-state index is 14.0. The van der Waals surface area contributed by atoms with Crippen molar-refractivity contribution in [3.63, 3.8) is 0 Å². The van der Waals surface area contributed by atoms with E-state index in [0.29, 0.717) is 28.6 Å². The van der Waals surface area contributed by atoms with Crippen molar-refractivity contribution in [2.45, 2.75) is 25.3 Å². The molecule has 2 aromatic rings. The molecule has 8 nitrogen and oxygen atoms in total. The Bertz CT molecular complexity index is 1200. The van der Waals surface area contributed by atoms with Crippen LogP contribution >= 0.6 is 23.4 Å². The van der Waals surface area contributed by atoms with Gasteiger partial charge in [0.1, 0.15) is 12.4 Å². The third-order valence-corrected chi connectivity index (χ3v) is 6.60. The van der Waals surface area contributed by atoms with Crippen molar-refractivity contribution in [2.75, 3.05) is 11.5 Å². The summed E-state index contributed by atoms with van der Waals surface area (Å²) in [7, 11) is 0. The number of ether oxygens (including phenoxy) is 1. The predicted octanol–water partition coefficient (Wildman–Crippen LogP) is 3.61. The minimum absolute atomic E-state index is 0.161. The van der Waals surface area contributed by atoms with Gasteiger partial charge in [-0.1, -0.05) is 42.5 Å². The van der Waals surface area contributed by atoms with Gasteiger partial charge in [-0.3, -0.25) is 14.4 Å². The van der Waals surface area contributed by atoms with Crippen molar-refractivity contribution in [3.05, 3.63) is 71.3 Å². The van der Waals surface area contributed by atoms with E-state index in [-0.39, 0.29) is 23.5 Å². The predicted molar refractivity (Wildman–Crippen MR) is 128 cm³/mol. The molecule has 0 aromatic heterocycles. The Kier molecular flexibility index (Phi) is 6.18. The van der Waals surface area contributed by atoms with Gasteiger partial charge in [0, 0.05) is 30.0 Å². The van der Waals surface area contributed by atoms with E-state index >= 15 is 0 Å². The largest absolute Gasteiger partial charge is 0.489 e. The molecule has 2 aliphatic heterocycles. The Morgan fingerprint density at radius 3 is 2.73 bits per heavy atom. The second kappa shape index (κ2) is 8.92. The standard InChI is InChI=1S/C23H21ClN4O4S/c1-4-11-32-20-8-6-5-7-16(20)13-27-19-10-9-17(24)12-18(19)23(21(27)31)28(15(3)30)26-22(33-23)25-14(2)29/h4-10,12H,1,11,13H2,2-3H3,(H,25,26,29). The van der Waals surface area contributed by atoms with Crippen LogP contribution in [0.15, 0.2) is 60.2 Å². The first-order chi connectivity index (χ1) is 15.8. The summed E-state index contributed by atoms with van der Waals surface area (Å²) in [5.41, 5.74) is 1.90. The third kappa shape index (κ3) is 3.98. The van der Waals surface area contributed by atoms with Crippen LogP contribution in [0.4, 0.5) is 5.69 Å². The van der Waals surface area contributed by atoms with Crippen LogP contribution in [0.2, 0.25) is 5.02 Å². The highest BCUT2D eigenvalue weighted by molar-refractivity contribution is 8.15. The van der Waals surface area contributed by atoms with Crippen LogP contribution in [-0.4, -0.2) is 34.5 Å². The molecule has 4 rings (SSSR count). The lowest BCUT2D eigenvalue weighted by atomic mass is 10.1. The van der Waals surface area contributed by atoms with Gasteiger partial charge < -0.3 is 15.0 Å². The number of amidine groups is 1. The van der Waals surface area contributed by atoms with Gasteiger partial charge in [-0.15, -0.1) is 5.10 Å². The number of nitrogens with one attached hydrogen (secondary N) is 1. The number of amides is 3. The molecule has 170 valence electrons.